The third-order valence-corrected chi connectivity index (χ3v) is 8.37. The topological polar surface area (TPSA) is 60.7 Å². The Bertz CT molecular complexity index is 515. The van der Waals surface area contributed by atoms with Gasteiger partial charge in [-0.15, -0.1) is 0 Å². The van der Waals surface area contributed by atoms with Crippen LogP contribution in [0.15, 0.2) is 11.6 Å². The Kier molecular flexibility index (Phi) is 3.72. The molecule has 4 rings (SSSR count). The molecule has 8 atom stereocenters. The molecule has 0 aromatic rings. The van der Waals surface area contributed by atoms with Crippen molar-refractivity contribution in [3.05, 3.63) is 11.6 Å². The molecule has 0 bridgehead atoms. The number of aliphatic hydroxyl groups excluding tert-OH is 3. The Hall–Kier alpha value is -0.380. The predicted molar refractivity (Wildman–Crippen MR) is 89.7 cm³/mol. The second-order valence-corrected chi connectivity index (χ2v) is 9.19. The van der Waals surface area contributed by atoms with Crippen LogP contribution >= 0.6 is 0 Å². The van der Waals surface area contributed by atoms with Crippen LogP contribution < -0.4 is 0 Å². The lowest BCUT2D eigenvalue weighted by Gasteiger charge is -2.60. The van der Waals surface area contributed by atoms with Crippen molar-refractivity contribution in [2.75, 3.05) is 6.61 Å². The standard InChI is InChI=1S/C20H32O3/c1-12-9-14-15-3-4-18(23)19(15,2)7-6-16(14)20(11-21)8-5-13(22)10-17(12)20/h10,12-16,18,21-23H,3-9,11H2,1-2H3/t12-,13+,14-,15-,16-,18-,19-,20-/m0/s1. The van der Waals surface area contributed by atoms with E-state index < -0.39 is 0 Å². The van der Waals surface area contributed by atoms with Crippen LogP contribution in [0.25, 0.3) is 0 Å². The molecule has 0 unspecified atom stereocenters. The smallest absolute Gasteiger partial charge is 0.0724 e. The van der Waals surface area contributed by atoms with E-state index in [1.54, 1.807) is 0 Å². The normalized spacial score (nSPS) is 55.6. The van der Waals surface area contributed by atoms with Gasteiger partial charge >= 0.3 is 0 Å². The molecule has 0 heterocycles. The first-order valence-corrected chi connectivity index (χ1v) is 9.61. The number of hydrogen-bond acceptors (Lipinski definition) is 3. The summed E-state index contributed by atoms with van der Waals surface area (Å²) in [6, 6.07) is 0. The highest BCUT2D eigenvalue weighted by Crippen LogP contribution is 2.66. The third-order valence-electron chi connectivity index (χ3n) is 8.37. The zero-order valence-electron chi connectivity index (χ0n) is 14.5. The second kappa shape index (κ2) is 5.31. The molecule has 3 saturated carbocycles. The molecule has 3 nitrogen and oxygen atoms in total. The fourth-order valence-corrected chi connectivity index (χ4v) is 7.16. The van der Waals surface area contributed by atoms with E-state index in [2.05, 4.69) is 19.9 Å². The first kappa shape index (κ1) is 16.1. The van der Waals surface area contributed by atoms with Gasteiger partial charge in [0.25, 0.3) is 0 Å². The first-order chi connectivity index (χ1) is 10.9. The number of hydrogen-bond donors (Lipinski definition) is 3. The maximum atomic E-state index is 10.5. The van der Waals surface area contributed by atoms with E-state index in [9.17, 15) is 15.3 Å². The molecule has 3 N–H and O–H groups in total. The van der Waals surface area contributed by atoms with Crippen LogP contribution in [-0.4, -0.2) is 34.1 Å². The summed E-state index contributed by atoms with van der Waals surface area (Å²) in [7, 11) is 0. The molecular weight excluding hydrogens is 288 g/mol. The quantitative estimate of drug-likeness (QED) is 0.651. The number of fused-ring (bicyclic) bond motifs is 5. The van der Waals surface area contributed by atoms with E-state index >= 15 is 0 Å². The lowest BCUT2D eigenvalue weighted by atomic mass is 9.45. The van der Waals surface area contributed by atoms with Crippen LogP contribution in [0.4, 0.5) is 0 Å². The molecule has 0 radical (unpaired) electrons. The molecule has 0 amide bonds. The highest BCUT2D eigenvalue weighted by molar-refractivity contribution is 5.28. The van der Waals surface area contributed by atoms with E-state index in [-0.39, 0.29) is 29.6 Å². The molecular formula is C20H32O3. The van der Waals surface area contributed by atoms with Crippen LogP contribution in [0.2, 0.25) is 0 Å². The molecule has 23 heavy (non-hydrogen) atoms. The van der Waals surface area contributed by atoms with Gasteiger partial charge in [0, 0.05) is 5.41 Å². The van der Waals surface area contributed by atoms with Crippen molar-refractivity contribution < 1.29 is 15.3 Å². The van der Waals surface area contributed by atoms with Gasteiger partial charge in [0.2, 0.25) is 0 Å². The summed E-state index contributed by atoms with van der Waals surface area (Å²) in [6.45, 7) is 4.81. The van der Waals surface area contributed by atoms with Crippen molar-refractivity contribution >= 4 is 0 Å². The summed E-state index contributed by atoms with van der Waals surface area (Å²) >= 11 is 0. The van der Waals surface area contributed by atoms with Crippen LogP contribution in [0.1, 0.15) is 58.8 Å². The SMILES string of the molecule is C[C@H]1C[C@@H]2[C@H](CC[C@]3(C)[C@@H](O)CC[C@@H]23)[C@@]2(CO)CC[C@@H](O)C=C12. The van der Waals surface area contributed by atoms with Crippen molar-refractivity contribution in [3.8, 4) is 0 Å². The Labute approximate surface area is 139 Å². The zero-order chi connectivity index (χ0) is 16.4. The van der Waals surface area contributed by atoms with Gasteiger partial charge in [-0.3, -0.25) is 0 Å². The van der Waals surface area contributed by atoms with Crippen LogP contribution in [0.5, 0.6) is 0 Å². The zero-order valence-corrected chi connectivity index (χ0v) is 14.5. The maximum absolute atomic E-state index is 10.5. The number of rotatable bonds is 1. The van der Waals surface area contributed by atoms with Crippen molar-refractivity contribution in [2.24, 2.45) is 34.5 Å². The minimum atomic E-state index is -0.328. The Morgan fingerprint density at radius 3 is 2.61 bits per heavy atom. The van der Waals surface area contributed by atoms with Gasteiger partial charge in [0.05, 0.1) is 18.8 Å². The van der Waals surface area contributed by atoms with Gasteiger partial charge in [-0.2, -0.15) is 0 Å². The van der Waals surface area contributed by atoms with Gasteiger partial charge in [-0.1, -0.05) is 25.5 Å². The Morgan fingerprint density at radius 1 is 1.09 bits per heavy atom. The largest absolute Gasteiger partial charge is 0.395 e. The second-order valence-electron chi connectivity index (χ2n) is 9.19. The van der Waals surface area contributed by atoms with E-state index in [1.165, 1.54) is 5.57 Å². The molecule has 130 valence electrons. The average molecular weight is 320 g/mol. The van der Waals surface area contributed by atoms with Gasteiger partial charge in [0.15, 0.2) is 0 Å². The van der Waals surface area contributed by atoms with Crippen LogP contribution in [-0.2, 0) is 0 Å². The van der Waals surface area contributed by atoms with Crippen LogP contribution in [0.3, 0.4) is 0 Å². The molecule has 0 spiro atoms. The fraction of sp³-hybridized carbons (Fsp3) is 0.900. The van der Waals surface area contributed by atoms with Crippen molar-refractivity contribution in [2.45, 2.75) is 71.0 Å². The summed E-state index contributed by atoms with van der Waals surface area (Å²) in [5.74, 6) is 2.21. The molecule has 3 heteroatoms. The van der Waals surface area contributed by atoms with Gasteiger partial charge < -0.3 is 15.3 Å². The van der Waals surface area contributed by atoms with E-state index in [4.69, 9.17) is 0 Å². The minimum absolute atomic E-state index is 0.0902. The van der Waals surface area contributed by atoms with Crippen LogP contribution in [0, 0.1) is 34.5 Å². The number of aliphatic hydroxyl groups is 3. The van der Waals surface area contributed by atoms with E-state index in [1.807, 2.05) is 0 Å². The third kappa shape index (κ3) is 2.06. The minimum Gasteiger partial charge on any atom is -0.395 e. The van der Waals surface area contributed by atoms with Gasteiger partial charge in [-0.25, -0.2) is 0 Å². The summed E-state index contributed by atoms with van der Waals surface area (Å²) < 4.78 is 0. The lowest BCUT2D eigenvalue weighted by Crippen LogP contribution is -2.55. The lowest BCUT2D eigenvalue weighted by molar-refractivity contribution is -0.101. The maximum Gasteiger partial charge on any atom is 0.0724 e. The predicted octanol–water partition coefficient (Wildman–Crippen LogP) is 2.89. The van der Waals surface area contributed by atoms with Crippen molar-refractivity contribution in [3.63, 3.8) is 0 Å². The first-order valence-electron chi connectivity index (χ1n) is 9.61. The molecule has 3 fully saturated rings. The van der Waals surface area contributed by atoms with Crippen molar-refractivity contribution in [1.82, 2.24) is 0 Å². The highest BCUT2D eigenvalue weighted by Gasteiger charge is 2.60. The monoisotopic (exact) mass is 320 g/mol. The molecule has 4 aliphatic carbocycles. The van der Waals surface area contributed by atoms with Crippen molar-refractivity contribution in [1.29, 1.82) is 0 Å². The molecule has 0 saturated heterocycles. The summed E-state index contributed by atoms with van der Waals surface area (Å²) in [5.41, 5.74) is 1.32. The molecule has 0 aromatic carbocycles. The fourth-order valence-electron chi connectivity index (χ4n) is 7.16. The van der Waals surface area contributed by atoms with Gasteiger partial charge in [0.1, 0.15) is 0 Å². The molecule has 0 aliphatic heterocycles. The average Bonchev–Trinajstić information content (AvgIpc) is 2.84. The summed E-state index contributed by atoms with van der Waals surface area (Å²) in [4.78, 5) is 0. The highest BCUT2D eigenvalue weighted by atomic mass is 16.3. The van der Waals surface area contributed by atoms with E-state index in [0.717, 1.165) is 44.9 Å². The molecule has 0 aromatic heterocycles. The summed E-state index contributed by atoms with van der Waals surface area (Å²) in [5, 5.41) is 31.0. The van der Waals surface area contributed by atoms with E-state index in [0.29, 0.717) is 23.7 Å². The Morgan fingerprint density at radius 2 is 1.87 bits per heavy atom. The summed E-state index contributed by atoms with van der Waals surface area (Å²) in [6.07, 6.45) is 8.78. The van der Waals surface area contributed by atoms with Gasteiger partial charge in [-0.05, 0) is 74.0 Å². The Balaban J connectivity index is 1.74. The molecule has 4 aliphatic rings.